The van der Waals surface area contributed by atoms with Gasteiger partial charge in [-0.1, -0.05) is 12.1 Å². The largest absolute Gasteiger partial charge is 0.497 e. The zero-order chi connectivity index (χ0) is 21.3. The molecule has 0 bridgehead atoms. The van der Waals surface area contributed by atoms with Crippen molar-refractivity contribution in [1.82, 2.24) is 0 Å². The van der Waals surface area contributed by atoms with E-state index in [-0.39, 0.29) is 0 Å². The molecule has 7 heteroatoms. The van der Waals surface area contributed by atoms with Gasteiger partial charge in [0.2, 0.25) is 0 Å². The topological polar surface area (TPSA) is 77.1 Å². The fourth-order valence-electron chi connectivity index (χ4n) is 3.00. The summed E-state index contributed by atoms with van der Waals surface area (Å²) >= 11 is 0. The van der Waals surface area contributed by atoms with Crippen molar-refractivity contribution in [3.8, 4) is 5.75 Å². The van der Waals surface area contributed by atoms with E-state index < -0.39 is 18.0 Å². The predicted molar refractivity (Wildman–Crippen MR) is 116 cm³/mol. The normalized spacial score (nSPS) is 14.9. The lowest BCUT2D eigenvalue weighted by Crippen LogP contribution is -2.36. The van der Waals surface area contributed by atoms with E-state index in [1.165, 1.54) is 13.0 Å². The van der Waals surface area contributed by atoms with Gasteiger partial charge in [-0.3, -0.25) is 4.79 Å². The Kier molecular flexibility index (Phi) is 7.45. The average Bonchev–Trinajstić information content (AvgIpc) is 2.79. The van der Waals surface area contributed by atoms with Gasteiger partial charge >= 0.3 is 5.97 Å². The second kappa shape index (κ2) is 10.5. The summed E-state index contributed by atoms with van der Waals surface area (Å²) in [6.45, 7) is 4.67. The molecular weight excluding hydrogens is 384 g/mol. The van der Waals surface area contributed by atoms with Crippen LogP contribution in [0.2, 0.25) is 0 Å². The van der Waals surface area contributed by atoms with E-state index in [2.05, 4.69) is 10.2 Å². The minimum atomic E-state index is -0.925. The molecule has 0 unspecified atom stereocenters. The Hall–Kier alpha value is -3.32. The van der Waals surface area contributed by atoms with E-state index in [9.17, 15) is 9.59 Å². The number of hydrogen-bond donors (Lipinski definition) is 1. The number of methoxy groups -OCH3 is 1. The summed E-state index contributed by atoms with van der Waals surface area (Å²) in [6.07, 6.45) is 1.97. The van der Waals surface area contributed by atoms with Crippen LogP contribution in [0.15, 0.2) is 54.6 Å². The smallest absolute Gasteiger partial charge is 0.331 e. The third-order valence-corrected chi connectivity index (χ3v) is 4.68. The molecule has 1 saturated heterocycles. The predicted octanol–water partition coefficient (Wildman–Crippen LogP) is 3.12. The number of nitrogens with one attached hydrogen (secondary N) is 1. The number of ether oxygens (including phenoxy) is 3. The van der Waals surface area contributed by atoms with Gasteiger partial charge < -0.3 is 24.4 Å². The van der Waals surface area contributed by atoms with Crippen LogP contribution in [0.5, 0.6) is 5.75 Å². The minimum Gasteiger partial charge on any atom is -0.497 e. The molecule has 0 aromatic heterocycles. The lowest BCUT2D eigenvalue weighted by molar-refractivity contribution is -0.148. The first-order valence-electron chi connectivity index (χ1n) is 9.81. The highest BCUT2D eigenvalue weighted by atomic mass is 16.5. The molecule has 0 aliphatic carbocycles. The zero-order valence-corrected chi connectivity index (χ0v) is 17.2. The van der Waals surface area contributed by atoms with Crippen molar-refractivity contribution in [3.05, 3.63) is 60.2 Å². The van der Waals surface area contributed by atoms with Crippen LogP contribution in [0.4, 0.5) is 11.4 Å². The summed E-state index contributed by atoms with van der Waals surface area (Å²) in [7, 11) is 1.58. The van der Waals surface area contributed by atoms with E-state index >= 15 is 0 Å². The number of anilines is 2. The average molecular weight is 410 g/mol. The van der Waals surface area contributed by atoms with Crippen LogP contribution in [-0.2, 0) is 19.1 Å². The molecule has 1 amide bonds. The van der Waals surface area contributed by atoms with Gasteiger partial charge in [0.05, 0.1) is 20.3 Å². The molecule has 2 aromatic rings. The molecule has 158 valence electrons. The molecule has 0 radical (unpaired) electrons. The minimum absolute atomic E-state index is 0.391. The Morgan fingerprint density at radius 2 is 1.87 bits per heavy atom. The van der Waals surface area contributed by atoms with Crippen LogP contribution < -0.4 is 15.0 Å². The number of nitrogens with zero attached hydrogens (tertiary/aromatic N) is 1. The first-order valence-corrected chi connectivity index (χ1v) is 9.81. The number of rotatable bonds is 7. The SMILES string of the molecule is COc1cccc(/C=C/C(=O)O[C@@H](C)C(=O)Nc2ccc(N3CCOCC3)cc2)c1. The van der Waals surface area contributed by atoms with Gasteiger partial charge in [-0.05, 0) is 55.0 Å². The summed E-state index contributed by atoms with van der Waals surface area (Å²) < 4.78 is 15.7. The van der Waals surface area contributed by atoms with Gasteiger partial charge in [0.1, 0.15) is 5.75 Å². The van der Waals surface area contributed by atoms with Crippen molar-refractivity contribution in [1.29, 1.82) is 0 Å². The first-order chi connectivity index (χ1) is 14.5. The number of carbonyl (C=O) groups excluding carboxylic acids is 2. The quantitative estimate of drug-likeness (QED) is 0.558. The van der Waals surface area contributed by atoms with E-state index in [1.807, 2.05) is 42.5 Å². The lowest BCUT2D eigenvalue weighted by Gasteiger charge is -2.28. The zero-order valence-electron chi connectivity index (χ0n) is 17.2. The van der Waals surface area contributed by atoms with Crippen molar-refractivity contribution >= 4 is 29.3 Å². The molecule has 0 saturated carbocycles. The Morgan fingerprint density at radius 3 is 2.57 bits per heavy atom. The van der Waals surface area contributed by atoms with Crippen molar-refractivity contribution < 1.29 is 23.8 Å². The van der Waals surface area contributed by atoms with Crippen LogP contribution in [0.1, 0.15) is 12.5 Å². The number of benzene rings is 2. The Morgan fingerprint density at radius 1 is 1.13 bits per heavy atom. The molecule has 1 fully saturated rings. The molecule has 1 aliphatic rings. The highest BCUT2D eigenvalue weighted by Crippen LogP contribution is 2.19. The van der Waals surface area contributed by atoms with Gasteiger partial charge in [-0.2, -0.15) is 0 Å². The monoisotopic (exact) mass is 410 g/mol. The van der Waals surface area contributed by atoms with E-state index in [1.54, 1.807) is 19.3 Å². The molecule has 0 spiro atoms. The summed E-state index contributed by atoms with van der Waals surface area (Å²) in [5.41, 5.74) is 2.52. The molecule has 2 aromatic carbocycles. The summed E-state index contributed by atoms with van der Waals surface area (Å²) in [6, 6.07) is 14.8. The van der Waals surface area contributed by atoms with E-state index in [0.717, 1.165) is 24.3 Å². The van der Waals surface area contributed by atoms with Gasteiger partial charge in [-0.25, -0.2) is 4.79 Å². The molecule has 1 aliphatic heterocycles. The number of hydrogen-bond acceptors (Lipinski definition) is 6. The van der Waals surface area contributed by atoms with Crippen LogP contribution >= 0.6 is 0 Å². The number of amides is 1. The maximum absolute atomic E-state index is 12.3. The number of carbonyl (C=O) groups is 2. The number of esters is 1. The third-order valence-electron chi connectivity index (χ3n) is 4.68. The molecule has 7 nitrogen and oxygen atoms in total. The molecule has 3 rings (SSSR count). The van der Waals surface area contributed by atoms with E-state index in [0.29, 0.717) is 24.7 Å². The molecule has 1 N–H and O–H groups in total. The fraction of sp³-hybridized carbons (Fsp3) is 0.304. The molecule has 1 atom stereocenters. The van der Waals surface area contributed by atoms with Gasteiger partial charge in [0, 0.05) is 30.5 Å². The van der Waals surface area contributed by atoms with Crippen molar-refractivity contribution in [2.75, 3.05) is 43.6 Å². The Balaban J connectivity index is 1.50. The highest BCUT2D eigenvalue weighted by molar-refractivity contribution is 5.96. The van der Waals surface area contributed by atoms with Gasteiger partial charge in [0.15, 0.2) is 6.10 Å². The summed E-state index contributed by atoms with van der Waals surface area (Å²) in [4.78, 5) is 26.6. The second-order valence-corrected chi connectivity index (χ2v) is 6.82. The van der Waals surface area contributed by atoms with Crippen LogP contribution in [-0.4, -0.2) is 51.4 Å². The van der Waals surface area contributed by atoms with Crippen molar-refractivity contribution in [3.63, 3.8) is 0 Å². The lowest BCUT2D eigenvalue weighted by atomic mass is 10.2. The molecule has 30 heavy (non-hydrogen) atoms. The van der Waals surface area contributed by atoms with Crippen LogP contribution in [0.25, 0.3) is 6.08 Å². The second-order valence-electron chi connectivity index (χ2n) is 6.82. The Labute approximate surface area is 176 Å². The van der Waals surface area contributed by atoms with Crippen molar-refractivity contribution in [2.45, 2.75) is 13.0 Å². The van der Waals surface area contributed by atoms with Crippen LogP contribution in [0.3, 0.4) is 0 Å². The summed E-state index contributed by atoms with van der Waals surface area (Å²) in [5, 5.41) is 2.77. The van der Waals surface area contributed by atoms with Crippen LogP contribution in [0, 0.1) is 0 Å². The maximum atomic E-state index is 12.3. The Bertz CT molecular complexity index is 889. The summed E-state index contributed by atoms with van der Waals surface area (Å²) in [5.74, 6) is -0.293. The first kappa shape index (κ1) is 21.4. The van der Waals surface area contributed by atoms with Gasteiger partial charge in [-0.15, -0.1) is 0 Å². The number of morpholine rings is 1. The van der Waals surface area contributed by atoms with Crippen molar-refractivity contribution in [2.24, 2.45) is 0 Å². The third kappa shape index (κ3) is 6.09. The highest BCUT2D eigenvalue weighted by Gasteiger charge is 2.17. The fourth-order valence-corrected chi connectivity index (χ4v) is 3.00. The standard InChI is InChI=1S/C23H26N2O5/c1-17(30-22(26)11-6-18-4-3-5-21(16-18)28-2)23(27)24-19-7-9-20(10-8-19)25-12-14-29-15-13-25/h3-11,16-17H,12-15H2,1-2H3,(H,24,27)/b11-6+/t17-/m0/s1. The van der Waals surface area contributed by atoms with Gasteiger partial charge in [0.25, 0.3) is 5.91 Å². The maximum Gasteiger partial charge on any atom is 0.331 e. The molecular formula is C23H26N2O5. The molecule has 1 heterocycles. The van der Waals surface area contributed by atoms with E-state index in [4.69, 9.17) is 14.2 Å².